The molecule has 0 fully saturated rings. The van der Waals surface area contributed by atoms with Gasteiger partial charge in [0, 0.05) is 152 Å². The van der Waals surface area contributed by atoms with Crippen molar-refractivity contribution in [3.63, 3.8) is 0 Å². The summed E-state index contributed by atoms with van der Waals surface area (Å²) in [6.07, 6.45) is 24.0. The topological polar surface area (TPSA) is 87.7 Å². The zero-order valence-corrected chi connectivity index (χ0v) is 43.9. The Morgan fingerprint density at radius 3 is 1.71 bits per heavy atom. The van der Waals surface area contributed by atoms with Crippen LogP contribution in [0, 0.1) is 5.92 Å². The van der Waals surface area contributed by atoms with Gasteiger partial charge >= 0.3 is 0 Å². The molecule has 0 aliphatic heterocycles. The zero-order valence-electron chi connectivity index (χ0n) is 43.1. The van der Waals surface area contributed by atoms with E-state index >= 15 is 0 Å². The third-order valence-corrected chi connectivity index (χ3v) is 18.6. The maximum absolute atomic E-state index is 7.28. The van der Waals surface area contributed by atoms with E-state index in [1.54, 1.807) is 0 Å². The molecule has 0 saturated carbocycles. The molecule has 8 nitrogen and oxygen atoms in total. The van der Waals surface area contributed by atoms with Crippen molar-refractivity contribution in [3.8, 4) is 33.6 Å². The van der Waals surface area contributed by atoms with Gasteiger partial charge in [-0.25, -0.2) is 0 Å². The summed E-state index contributed by atoms with van der Waals surface area (Å²) in [6, 6.07) is 52.8. The predicted molar refractivity (Wildman–Crippen MR) is 323 cm³/mol. The minimum Gasteiger partial charge on any atom is -0.455 e. The van der Waals surface area contributed by atoms with Gasteiger partial charge < -0.3 is 18.0 Å². The molecule has 9 heteroatoms. The molecule has 2 unspecified atom stereocenters. The number of hydrogen-bond donors (Lipinski definition) is 0. The van der Waals surface area contributed by atoms with Crippen molar-refractivity contribution < 1.29 is 8.83 Å². The SMILES string of the molecule is CC1C=C(c2cccc(-n3c4ccncc4c4cnccc43)c2)c2oc3c(-c4cccc5c6c(sc45)C(C)(c4cccc5c4oc4c(-c7cccc(-n8c9ccncc9c9cnccc98)c7)cccc45)CC=C6)cccc3c2C1. The summed E-state index contributed by atoms with van der Waals surface area (Å²) in [5.74, 6) is 1.27. The van der Waals surface area contributed by atoms with Gasteiger partial charge in [0.05, 0.1) is 22.1 Å². The summed E-state index contributed by atoms with van der Waals surface area (Å²) in [4.78, 5) is 19.2. The number of nitrogens with zero attached hydrogens (tertiary/aromatic N) is 6. The Bertz CT molecular complexity index is 5050. The minimum atomic E-state index is -0.369. The van der Waals surface area contributed by atoms with E-state index in [9.17, 15) is 0 Å². The molecule has 15 aromatic rings. The summed E-state index contributed by atoms with van der Waals surface area (Å²) < 4.78 is 20.4. The first-order chi connectivity index (χ1) is 39.0. The summed E-state index contributed by atoms with van der Waals surface area (Å²) in [5.41, 5.74) is 19.3. The third kappa shape index (κ3) is 6.36. The van der Waals surface area contributed by atoms with Gasteiger partial charge in [-0.1, -0.05) is 129 Å². The fraction of sp³-hybridized carbons (Fsp3) is 0.0857. The van der Waals surface area contributed by atoms with E-state index in [0.29, 0.717) is 5.92 Å². The van der Waals surface area contributed by atoms with E-state index in [2.05, 4.69) is 207 Å². The largest absolute Gasteiger partial charge is 0.455 e. The van der Waals surface area contributed by atoms with E-state index in [-0.39, 0.29) is 5.41 Å². The Kier molecular flexibility index (Phi) is 9.37. The van der Waals surface area contributed by atoms with E-state index in [4.69, 9.17) is 8.83 Å². The van der Waals surface area contributed by atoms with Gasteiger partial charge in [0.2, 0.25) is 0 Å². The molecule has 9 aromatic heterocycles. The Morgan fingerprint density at radius 2 is 1.05 bits per heavy atom. The molecule has 0 N–H and O–H groups in total. The molecule has 0 radical (unpaired) electrons. The van der Waals surface area contributed by atoms with Crippen molar-refractivity contribution >= 4 is 110 Å². The Morgan fingerprint density at radius 1 is 0.519 bits per heavy atom. The van der Waals surface area contributed by atoms with Crippen molar-refractivity contribution in [1.29, 1.82) is 0 Å². The lowest BCUT2D eigenvalue weighted by Crippen LogP contribution is -2.24. The maximum Gasteiger partial charge on any atom is 0.143 e. The fourth-order valence-electron chi connectivity index (χ4n) is 13.5. The highest BCUT2D eigenvalue weighted by Gasteiger charge is 2.38. The monoisotopic (exact) mass is 1030 g/mol. The number of allylic oxidation sites excluding steroid dienone is 2. The standard InChI is InChI=1S/C70H46N6O2S/c1-40-32-53(42-11-4-13-44(35-42)76-62-25-30-73-38-57(62)58-39-74-31-26-63(58)76)66-54(33-40)49-17-6-16-48(65(49)77-66)50-19-7-20-51-52-21-9-27-70(2,69(52)79-68(50)51)59-22-8-18-47-46-15-5-14-45(64(46)78-67(47)59)41-10-3-12-43(34-41)75-60-23-28-71-36-55(60)56-37-72-29-24-61(56)75/h3-26,28-32,34-40H,27,33H2,1-2H3. The second-order valence-corrected chi connectivity index (χ2v) is 22.6. The molecular weight excluding hydrogens is 989 g/mol. The Balaban J connectivity index is 0.771. The van der Waals surface area contributed by atoms with Gasteiger partial charge in [-0.05, 0) is 84.0 Å². The second-order valence-electron chi connectivity index (χ2n) is 21.6. The summed E-state index contributed by atoms with van der Waals surface area (Å²) in [6.45, 7) is 4.73. The average Bonchev–Trinajstić information content (AvgIpc) is 4.44. The Labute approximate surface area is 456 Å². The number of para-hydroxylation sites is 3. The predicted octanol–water partition coefficient (Wildman–Crippen LogP) is 18.0. The molecular formula is C70H46N6O2S. The molecule has 17 rings (SSSR count). The molecule has 0 saturated heterocycles. The highest BCUT2D eigenvalue weighted by molar-refractivity contribution is 7.20. The highest BCUT2D eigenvalue weighted by atomic mass is 32.1. The molecule has 2 aliphatic carbocycles. The van der Waals surface area contributed by atoms with Gasteiger partial charge in [-0.2, -0.15) is 0 Å². The Hall–Kier alpha value is -9.70. The van der Waals surface area contributed by atoms with Crippen LogP contribution in [0.1, 0.15) is 53.2 Å². The van der Waals surface area contributed by atoms with Crippen LogP contribution in [0.4, 0.5) is 0 Å². The summed E-state index contributed by atoms with van der Waals surface area (Å²) in [7, 11) is 0. The molecule has 0 spiro atoms. The molecule has 0 amide bonds. The molecule has 6 aromatic carbocycles. The smallest absolute Gasteiger partial charge is 0.143 e. The quantitative estimate of drug-likeness (QED) is 0.165. The van der Waals surface area contributed by atoms with Crippen molar-refractivity contribution in [2.45, 2.75) is 32.1 Å². The lowest BCUT2D eigenvalue weighted by molar-refractivity contribution is 0.572. The van der Waals surface area contributed by atoms with Gasteiger partial charge in [0.25, 0.3) is 0 Å². The van der Waals surface area contributed by atoms with Gasteiger partial charge in [-0.15, -0.1) is 11.3 Å². The zero-order chi connectivity index (χ0) is 52.1. The van der Waals surface area contributed by atoms with Crippen LogP contribution in [-0.2, 0) is 11.8 Å². The lowest BCUT2D eigenvalue weighted by atomic mass is 9.73. The van der Waals surface area contributed by atoms with Crippen molar-refractivity contribution in [2.24, 2.45) is 5.92 Å². The van der Waals surface area contributed by atoms with Gasteiger partial charge in [0.1, 0.15) is 22.5 Å². The van der Waals surface area contributed by atoms with Crippen LogP contribution in [0.2, 0.25) is 0 Å². The molecule has 2 atom stereocenters. The summed E-state index contributed by atoms with van der Waals surface area (Å²) in [5, 5.41) is 8.98. The van der Waals surface area contributed by atoms with E-state index in [1.165, 1.54) is 42.6 Å². The normalized spacial score (nSPS) is 16.3. The second kappa shape index (κ2) is 16.7. The number of pyridine rings is 4. The number of hydrogen-bond acceptors (Lipinski definition) is 7. The maximum atomic E-state index is 7.28. The number of rotatable bonds is 6. The number of benzene rings is 6. The number of furan rings is 2. The van der Waals surface area contributed by atoms with Crippen LogP contribution in [0.25, 0.3) is 132 Å². The van der Waals surface area contributed by atoms with E-state index in [0.717, 1.165) is 129 Å². The molecule has 2 aliphatic rings. The molecule has 0 bridgehead atoms. The average molecular weight is 1040 g/mol. The van der Waals surface area contributed by atoms with Crippen LogP contribution < -0.4 is 0 Å². The first-order valence-electron chi connectivity index (χ1n) is 27.0. The van der Waals surface area contributed by atoms with Crippen molar-refractivity contribution in [3.05, 3.63) is 240 Å². The van der Waals surface area contributed by atoms with E-state index < -0.39 is 0 Å². The minimum absolute atomic E-state index is 0.320. The first-order valence-corrected chi connectivity index (χ1v) is 27.8. The van der Waals surface area contributed by atoms with Crippen molar-refractivity contribution in [2.75, 3.05) is 0 Å². The lowest BCUT2D eigenvalue weighted by Gasteiger charge is -2.31. The van der Waals surface area contributed by atoms with Crippen LogP contribution in [-0.4, -0.2) is 29.1 Å². The number of aromatic nitrogens is 6. The molecule has 374 valence electrons. The van der Waals surface area contributed by atoms with Crippen LogP contribution in [0.5, 0.6) is 0 Å². The van der Waals surface area contributed by atoms with Crippen LogP contribution in [0.3, 0.4) is 0 Å². The summed E-state index contributed by atoms with van der Waals surface area (Å²) >= 11 is 1.92. The van der Waals surface area contributed by atoms with E-state index in [1.807, 2.05) is 60.9 Å². The third-order valence-electron chi connectivity index (χ3n) is 17.1. The van der Waals surface area contributed by atoms with Crippen LogP contribution in [0.15, 0.2) is 216 Å². The molecule has 79 heavy (non-hydrogen) atoms. The highest BCUT2D eigenvalue weighted by Crippen LogP contribution is 2.54. The van der Waals surface area contributed by atoms with Gasteiger partial charge in [-0.3, -0.25) is 19.9 Å². The van der Waals surface area contributed by atoms with Crippen molar-refractivity contribution in [1.82, 2.24) is 29.1 Å². The molecule has 9 heterocycles. The number of fused-ring (bicyclic) bond motifs is 15. The van der Waals surface area contributed by atoms with Gasteiger partial charge in [0.15, 0.2) is 0 Å². The first kappa shape index (κ1) is 44.4. The van der Waals surface area contributed by atoms with Crippen LogP contribution >= 0.6 is 11.3 Å². The number of thiophene rings is 1. The fourth-order valence-corrected chi connectivity index (χ4v) is 15.0.